The molecule has 0 N–H and O–H groups in total. The molecule has 1 unspecified atom stereocenters. The molecule has 0 radical (unpaired) electrons. The number of amides is 1. The van der Waals surface area contributed by atoms with E-state index in [-0.39, 0.29) is 23.8 Å². The summed E-state index contributed by atoms with van der Waals surface area (Å²) in [5.41, 5.74) is 7.58. The Kier molecular flexibility index (Phi) is 8.03. The van der Waals surface area contributed by atoms with Crippen molar-refractivity contribution < 1.29 is 9.59 Å². The van der Waals surface area contributed by atoms with E-state index in [0.29, 0.717) is 6.42 Å². The summed E-state index contributed by atoms with van der Waals surface area (Å²) in [4.78, 5) is 30.8. The first-order valence-electron chi connectivity index (χ1n) is 13.8. The van der Waals surface area contributed by atoms with Crippen LogP contribution in [0.3, 0.4) is 0 Å². The van der Waals surface area contributed by atoms with Crippen LogP contribution in [0, 0.1) is 19.8 Å². The fraction of sp³-hybridized carbons (Fsp3) is 0.438. The lowest BCUT2D eigenvalue weighted by Crippen LogP contribution is -2.43. The third-order valence-electron chi connectivity index (χ3n) is 7.93. The fourth-order valence-corrected chi connectivity index (χ4v) is 6.06. The van der Waals surface area contributed by atoms with E-state index in [4.69, 9.17) is 0 Å². The van der Waals surface area contributed by atoms with Gasteiger partial charge in [-0.2, -0.15) is 0 Å². The number of rotatable bonds is 5. The SMILES string of the molecule is CC.CCN(CC)C(=O)CC1C=C2c3ccc(C)c4c3c(cn4C(=O)c3ccccc3C)C[C@H]2N(C)C1. The third-order valence-corrected chi connectivity index (χ3v) is 7.93. The molecule has 1 aliphatic carbocycles. The van der Waals surface area contributed by atoms with Crippen molar-refractivity contribution in [3.63, 3.8) is 0 Å². The van der Waals surface area contributed by atoms with Gasteiger partial charge in [0.05, 0.1) is 5.52 Å². The first kappa shape index (κ1) is 26.9. The van der Waals surface area contributed by atoms with Crippen LogP contribution in [0.15, 0.2) is 48.7 Å². The molecule has 0 saturated carbocycles. The summed E-state index contributed by atoms with van der Waals surface area (Å²) in [6.45, 7) is 14.5. The second-order valence-corrected chi connectivity index (χ2v) is 10.1. The minimum atomic E-state index is 0.0227. The number of nitrogens with zero attached hydrogens (tertiary/aromatic N) is 3. The lowest BCUT2D eigenvalue weighted by Gasteiger charge is -2.40. The van der Waals surface area contributed by atoms with Gasteiger partial charge in [0, 0.05) is 49.2 Å². The van der Waals surface area contributed by atoms with Gasteiger partial charge in [0.15, 0.2) is 0 Å². The predicted octanol–water partition coefficient (Wildman–Crippen LogP) is 6.10. The topological polar surface area (TPSA) is 45.6 Å². The Morgan fingerprint density at radius 3 is 2.38 bits per heavy atom. The van der Waals surface area contributed by atoms with Gasteiger partial charge in [0.2, 0.25) is 5.91 Å². The molecule has 1 aliphatic heterocycles. The average Bonchev–Trinajstić information content (AvgIpc) is 3.29. The van der Waals surface area contributed by atoms with E-state index in [1.807, 2.05) is 68.4 Å². The monoisotopic (exact) mass is 499 g/mol. The van der Waals surface area contributed by atoms with Crippen molar-refractivity contribution in [3.8, 4) is 0 Å². The molecule has 5 nitrogen and oxygen atoms in total. The highest BCUT2D eigenvalue weighted by Gasteiger charge is 2.36. The molecular formula is C32H41N3O2. The molecule has 0 spiro atoms. The van der Waals surface area contributed by atoms with Crippen molar-refractivity contribution >= 4 is 28.3 Å². The molecule has 2 aromatic carbocycles. The fourth-order valence-electron chi connectivity index (χ4n) is 6.06. The second-order valence-electron chi connectivity index (χ2n) is 10.1. The molecule has 0 bridgehead atoms. The van der Waals surface area contributed by atoms with Gasteiger partial charge in [-0.25, -0.2) is 0 Å². The highest BCUT2D eigenvalue weighted by molar-refractivity contribution is 6.08. The van der Waals surface area contributed by atoms with Crippen LogP contribution in [0.5, 0.6) is 0 Å². The maximum absolute atomic E-state index is 13.7. The summed E-state index contributed by atoms with van der Waals surface area (Å²) >= 11 is 0. The number of hydrogen-bond acceptors (Lipinski definition) is 3. The predicted molar refractivity (Wildman–Crippen MR) is 153 cm³/mol. The lowest BCUT2D eigenvalue weighted by atomic mass is 9.79. The van der Waals surface area contributed by atoms with E-state index in [9.17, 15) is 9.59 Å². The van der Waals surface area contributed by atoms with Gasteiger partial charge < -0.3 is 4.90 Å². The van der Waals surface area contributed by atoms with Gasteiger partial charge in [-0.05, 0) is 81.0 Å². The van der Waals surface area contributed by atoms with Gasteiger partial charge in [-0.1, -0.05) is 50.3 Å². The Hall–Kier alpha value is -3.18. The molecule has 1 aromatic heterocycles. The Balaban J connectivity index is 0.00000156. The molecule has 5 rings (SSSR count). The van der Waals surface area contributed by atoms with Crippen LogP contribution < -0.4 is 0 Å². The van der Waals surface area contributed by atoms with Crippen molar-refractivity contribution in [2.24, 2.45) is 5.92 Å². The average molecular weight is 500 g/mol. The zero-order valence-electron chi connectivity index (χ0n) is 23.5. The Bertz CT molecular complexity index is 1350. The number of aryl methyl sites for hydroxylation is 2. The normalized spacial score (nSPS) is 18.5. The van der Waals surface area contributed by atoms with Gasteiger partial charge in [-0.15, -0.1) is 0 Å². The van der Waals surface area contributed by atoms with Crippen LogP contribution in [0.4, 0.5) is 0 Å². The number of hydrogen-bond donors (Lipinski definition) is 0. The van der Waals surface area contributed by atoms with Gasteiger partial charge >= 0.3 is 0 Å². The van der Waals surface area contributed by atoms with E-state index < -0.39 is 0 Å². The van der Waals surface area contributed by atoms with Crippen LogP contribution in [0.1, 0.15) is 66.7 Å². The number of carbonyl (C=O) groups excluding carboxylic acids is 2. The molecule has 0 fully saturated rings. The van der Waals surface area contributed by atoms with Gasteiger partial charge in [-0.3, -0.25) is 19.1 Å². The summed E-state index contributed by atoms with van der Waals surface area (Å²) in [5, 5.41) is 1.19. The highest BCUT2D eigenvalue weighted by Crippen LogP contribution is 2.43. The van der Waals surface area contributed by atoms with Crippen molar-refractivity contribution in [2.75, 3.05) is 26.7 Å². The molecule has 2 heterocycles. The largest absolute Gasteiger partial charge is 0.343 e. The first-order chi connectivity index (χ1) is 17.8. The lowest BCUT2D eigenvalue weighted by molar-refractivity contribution is -0.131. The molecule has 5 heteroatoms. The highest BCUT2D eigenvalue weighted by atomic mass is 16.2. The molecule has 3 aromatic rings. The van der Waals surface area contributed by atoms with E-state index in [2.05, 4.69) is 43.3 Å². The molecule has 0 saturated heterocycles. The molecule has 196 valence electrons. The molecule has 2 atom stereocenters. The van der Waals surface area contributed by atoms with E-state index in [1.165, 1.54) is 22.1 Å². The van der Waals surface area contributed by atoms with Crippen LogP contribution >= 0.6 is 0 Å². The molecule has 1 amide bonds. The van der Waals surface area contributed by atoms with Crippen LogP contribution in [-0.2, 0) is 11.2 Å². The molecule has 2 aliphatic rings. The summed E-state index contributed by atoms with van der Waals surface area (Å²) in [5.74, 6) is 0.437. The number of fused-ring (bicyclic) bond motifs is 2. The maximum Gasteiger partial charge on any atom is 0.262 e. The Morgan fingerprint density at radius 2 is 1.70 bits per heavy atom. The Labute approximate surface area is 221 Å². The van der Waals surface area contributed by atoms with Crippen LogP contribution in [0.25, 0.3) is 16.5 Å². The van der Waals surface area contributed by atoms with Gasteiger partial charge in [0.1, 0.15) is 0 Å². The quantitative estimate of drug-likeness (QED) is 0.426. The van der Waals surface area contributed by atoms with E-state index in [1.54, 1.807) is 0 Å². The summed E-state index contributed by atoms with van der Waals surface area (Å²) in [6, 6.07) is 12.4. The molecular weight excluding hydrogens is 458 g/mol. The van der Waals surface area contributed by atoms with Crippen LogP contribution in [0.2, 0.25) is 0 Å². The summed E-state index contributed by atoms with van der Waals surface area (Å²) in [7, 11) is 2.17. The zero-order valence-corrected chi connectivity index (χ0v) is 23.5. The van der Waals surface area contributed by atoms with E-state index >= 15 is 0 Å². The van der Waals surface area contributed by atoms with E-state index in [0.717, 1.165) is 48.3 Å². The smallest absolute Gasteiger partial charge is 0.262 e. The second kappa shape index (κ2) is 11.1. The number of aromatic nitrogens is 1. The first-order valence-corrected chi connectivity index (χ1v) is 13.8. The van der Waals surface area contributed by atoms with Crippen LogP contribution in [-0.4, -0.2) is 58.9 Å². The number of likely N-dealkylation sites (N-methyl/N-ethyl adjacent to an activating group) is 1. The maximum atomic E-state index is 13.7. The zero-order chi connectivity index (χ0) is 26.9. The minimum absolute atomic E-state index is 0.0227. The number of benzene rings is 2. The molecule has 37 heavy (non-hydrogen) atoms. The Morgan fingerprint density at radius 1 is 1.00 bits per heavy atom. The number of carbonyl (C=O) groups is 2. The van der Waals surface area contributed by atoms with Crippen molar-refractivity contribution in [3.05, 3.63) is 76.5 Å². The van der Waals surface area contributed by atoms with Crippen molar-refractivity contribution in [1.29, 1.82) is 0 Å². The van der Waals surface area contributed by atoms with Crippen molar-refractivity contribution in [2.45, 2.75) is 60.4 Å². The summed E-state index contributed by atoms with van der Waals surface area (Å²) < 4.78 is 1.87. The van der Waals surface area contributed by atoms with Crippen molar-refractivity contribution in [1.82, 2.24) is 14.4 Å². The summed E-state index contributed by atoms with van der Waals surface area (Å²) in [6.07, 6.45) is 5.83. The third kappa shape index (κ3) is 4.77. The standard InChI is InChI=1S/C30H35N3O2.C2H6/c1-6-32(7-2)27(34)15-21-14-25-24-13-12-20(4)29-28(24)22(16-26(25)31(5)17-21)18-33(29)30(35)23-11-9-8-10-19(23)3;1-2/h8-14,18,21,26H,6-7,15-17H2,1-5H3;1-2H3/t21?,26-;/m1./s1. The van der Waals surface area contributed by atoms with Gasteiger partial charge in [0.25, 0.3) is 5.91 Å². The minimum Gasteiger partial charge on any atom is -0.343 e.